The standard InChI is InChI=1S/C6H10N2O2S2/c1-3-5-4-7-6(11-5)8-12(2,9)10/h4H,3H2,1-2H3,(H,7,8). The largest absolute Gasteiger partial charge is 0.259 e. The van der Waals surface area contributed by atoms with Crippen LogP contribution in [0.2, 0.25) is 0 Å². The van der Waals surface area contributed by atoms with E-state index in [9.17, 15) is 8.42 Å². The van der Waals surface area contributed by atoms with Crippen LogP contribution in [0.25, 0.3) is 0 Å². The minimum absolute atomic E-state index is 0.439. The maximum atomic E-state index is 10.8. The van der Waals surface area contributed by atoms with Crippen molar-refractivity contribution < 1.29 is 8.42 Å². The Morgan fingerprint density at radius 1 is 1.67 bits per heavy atom. The Kier molecular flexibility index (Phi) is 2.69. The molecule has 0 aromatic carbocycles. The van der Waals surface area contributed by atoms with Gasteiger partial charge in [-0.15, -0.1) is 11.3 Å². The van der Waals surface area contributed by atoms with Gasteiger partial charge in [0, 0.05) is 11.1 Å². The molecule has 0 aliphatic heterocycles. The topological polar surface area (TPSA) is 59.1 Å². The number of thiazole rings is 1. The van der Waals surface area contributed by atoms with E-state index in [4.69, 9.17) is 0 Å². The zero-order valence-electron chi connectivity index (χ0n) is 6.86. The van der Waals surface area contributed by atoms with Gasteiger partial charge < -0.3 is 0 Å². The van der Waals surface area contributed by atoms with Crippen LogP contribution in [0.15, 0.2) is 6.20 Å². The lowest BCUT2D eigenvalue weighted by Gasteiger charge is -1.95. The second-order valence-electron chi connectivity index (χ2n) is 2.36. The smallest absolute Gasteiger partial charge is 0.231 e. The van der Waals surface area contributed by atoms with Crippen molar-refractivity contribution in [3.63, 3.8) is 0 Å². The van der Waals surface area contributed by atoms with E-state index < -0.39 is 10.0 Å². The monoisotopic (exact) mass is 206 g/mol. The van der Waals surface area contributed by atoms with Crippen molar-refractivity contribution in [1.29, 1.82) is 0 Å². The zero-order valence-corrected chi connectivity index (χ0v) is 8.50. The highest BCUT2D eigenvalue weighted by Gasteiger charge is 2.05. The molecule has 0 radical (unpaired) electrons. The third-order valence-electron chi connectivity index (χ3n) is 1.17. The molecule has 1 heterocycles. The van der Waals surface area contributed by atoms with Crippen molar-refractivity contribution >= 4 is 26.5 Å². The molecule has 0 saturated carbocycles. The molecule has 12 heavy (non-hydrogen) atoms. The van der Waals surface area contributed by atoms with Crippen LogP contribution in [0.3, 0.4) is 0 Å². The van der Waals surface area contributed by atoms with E-state index in [1.807, 2.05) is 6.92 Å². The maximum Gasteiger partial charge on any atom is 0.231 e. The lowest BCUT2D eigenvalue weighted by molar-refractivity contribution is 0.607. The highest BCUT2D eigenvalue weighted by atomic mass is 32.2. The summed E-state index contributed by atoms with van der Waals surface area (Å²) in [4.78, 5) is 4.97. The summed E-state index contributed by atoms with van der Waals surface area (Å²) in [6, 6.07) is 0. The van der Waals surface area contributed by atoms with Crippen LogP contribution in [-0.4, -0.2) is 19.7 Å². The molecule has 1 aromatic heterocycles. The summed E-state index contributed by atoms with van der Waals surface area (Å²) in [5.74, 6) is 0. The number of sulfonamides is 1. The number of aromatic nitrogens is 1. The number of anilines is 1. The summed E-state index contributed by atoms with van der Waals surface area (Å²) >= 11 is 1.36. The van der Waals surface area contributed by atoms with Gasteiger partial charge in [0.2, 0.25) is 10.0 Å². The van der Waals surface area contributed by atoms with Crippen molar-refractivity contribution in [3.8, 4) is 0 Å². The fraction of sp³-hybridized carbons (Fsp3) is 0.500. The summed E-state index contributed by atoms with van der Waals surface area (Å²) in [6.07, 6.45) is 3.67. The molecule has 0 unspecified atom stereocenters. The highest BCUT2D eigenvalue weighted by molar-refractivity contribution is 7.92. The Balaban J connectivity index is 2.78. The van der Waals surface area contributed by atoms with Crippen LogP contribution >= 0.6 is 11.3 Å². The average Bonchev–Trinajstić information content (AvgIpc) is 2.32. The minimum Gasteiger partial charge on any atom is -0.259 e. The van der Waals surface area contributed by atoms with E-state index in [2.05, 4.69) is 9.71 Å². The Morgan fingerprint density at radius 2 is 2.33 bits per heavy atom. The fourth-order valence-corrected chi connectivity index (χ4v) is 2.27. The SMILES string of the molecule is CCc1cnc(NS(C)(=O)=O)s1. The summed E-state index contributed by atoms with van der Waals surface area (Å²) < 4.78 is 23.8. The van der Waals surface area contributed by atoms with E-state index in [0.29, 0.717) is 5.13 Å². The molecule has 0 bridgehead atoms. The van der Waals surface area contributed by atoms with E-state index in [-0.39, 0.29) is 0 Å². The quantitative estimate of drug-likeness (QED) is 0.805. The van der Waals surface area contributed by atoms with Gasteiger partial charge in [-0.3, -0.25) is 4.72 Å². The second kappa shape index (κ2) is 3.40. The lowest BCUT2D eigenvalue weighted by atomic mass is 10.4. The number of hydrogen-bond donors (Lipinski definition) is 1. The third-order valence-corrected chi connectivity index (χ3v) is 2.93. The molecular formula is C6H10N2O2S2. The van der Waals surface area contributed by atoms with Gasteiger partial charge >= 0.3 is 0 Å². The molecule has 4 nitrogen and oxygen atoms in total. The minimum atomic E-state index is -3.17. The van der Waals surface area contributed by atoms with Crippen LogP contribution in [0, 0.1) is 0 Å². The van der Waals surface area contributed by atoms with Gasteiger partial charge in [0.25, 0.3) is 0 Å². The van der Waals surface area contributed by atoms with Crippen LogP contribution in [0.4, 0.5) is 5.13 Å². The first-order valence-electron chi connectivity index (χ1n) is 3.44. The van der Waals surface area contributed by atoms with Crippen LogP contribution in [-0.2, 0) is 16.4 Å². The number of aryl methyl sites for hydroxylation is 1. The number of rotatable bonds is 3. The Hall–Kier alpha value is -0.620. The van der Waals surface area contributed by atoms with Crippen molar-refractivity contribution in [2.45, 2.75) is 13.3 Å². The van der Waals surface area contributed by atoms with Crippen molar-refractivity contribution in [1.82, 2.24) is 4.98 Å². The van der Waals surface area contributed by atoms with E-state index in [1.165, 1.54) is 11.3 Å². The first-order valence-corrected chi connectivity index (χ1v) is 6.14. The Labute approximate surface area is 75.7 Å². The van der Waals surface area contributed by atoms with Gasteiger partial charge in [0.15, 0.2) is 5.13 Å². The molecule has 6 heteroatoms. The lowest BCUT2D eigenvalue weighted by Crippen LogP contribution is -2.08. The first-order chi connectivity index (χ1) is 5.51. The van der Waals surface area contributed by atoms with Crippen LogP contribution < -0.4 is 4.72 Å². The van der Waals surface area contributed by atoms with Gasteiger partial charge in [-0.2, -0.15) is 0 Å². The van der Waals surface area contributed by atoms with E-state index >= 15 is 0 Å². The molecule has 0 amide bonds. The zero-order chi connectivity index (χ0) is 9.19. The predicted molar refractivity (Wildman–Crippen MR) is 50.0 cm³/mol. The molecule has 0 saturated heterocycles. The van der Waals surface area contributed by atoms with Gasteiger partial charge in [-0.25, -0.2) is 13.4 Å². The van der Waals surface area contributed by atoms with Crippen molar-refractivity contribution in [3.05, 3.63) is 11.1 Å². The summed E-state index contributed by atoms with van der Waals surface area (Å²) in [7, 11) is -3.17. The normalized spacial score (nSPS) is 11.5. The summed E-state index contributed by atoms with van der Waals surface area (Å²) in [5, 5.41) is 0.439. The molecule has 0 aliphatic rings. The molecule has 0 atom stereocenters. The number of nitrogens with zero attached hydrogens (tertiary/aromatic N) is 1. The fourth-order valence-electron chi connectivity index (χ4n) is 0.677. The second-order valence-corrected chi connectivity index (χ2v) is 5.22. The van der Waals surface area contributed by atoms with Crippen molar-refractivity contribution in [2.24, 2.45) is 0 Å². The van der Waals surface area contributed by atoms with Crippen molar-refractivity contribution in [2.75, 3.05) is 11.0 Å². The maximum absolute atomic E-state index is 10.8. The molecule has 1 N–H and O–H groups in total. The molecule has 68 valence electrons. The third kappa shape index (κ3) is 2.78. The molecule has 0 spiro atoms. The Bertz CT molecular complexity index is 355. The number of hydrogen-bond acceptors (Lipinski definition) is 4. The molecular weight excluding hydrogens is 196 g/mol. The first kappa shape index (κ1) is 9.47. The average molecular weight is 206 g/mol. The molecule has 0 fully saturated rings. The molecule has 0 aliphatic carbocycles. The Morgan fingerprint density at radius 3 is 2.75 bits per heavy atom. The van der Waals surface area contributed by atoms with Gasteiger partial charge in [-0.05, 0) is 6.42 Å². The number of nitrogens with one attached hydrogen (secondary N) is 1. The van der Waals surface area contributed by atoms with E-state index in [1.54, 1.807) is 6.20 Å². The molecule has 1 aromatic rings. The van der Waals surface area contributed by atoms with Gasteiger partial charge in [-0.1, -0.05) is 6.92 Å². The summed E-state index contributed by atoms with van der Waals surface area (Å²) in [6.45, 7) is 2.00. The van der Waals surface area contributed by atoms with Gasteiger partial charge in [0.05, 0.1) is 6.26 Å². The van der Waals surface area contributed by atoms with Gasteiger partial charge in [0.1, 0.15) is 0 Å². The van der Waals surface area contributed by atoms with Crippen LogP contribution in [0.1, 0.15) is 11.8 Å². The summed E-state index contributed by atoms with van der Waals surface area (Å²) in [5.41, 5.74) is 0. The molecule has 1 rings (SSSR count). The predicted octanol–water partition coefficient (Wildman–Crippen LogP) is 1.08. The highest BCUT2D eigenvalue weighted by Crippen LogP contribution is 2.18. The van der Waals surface area contributed by atoms with E-state index in [0.717, 1.165) is 17.6 Å². The van der Waals surface area contributed by atoms with Crippen LogP contribution in [0.5, 0.6) is 0 Å².